The smallest absolute Gasteiger partial charge is 0.307 e. The van der Waals surface area contributed by atoms with E-state index >= 15 is 0 Å². The van der Waals surface area contributed by atoms with Crippen LogP contribution in [0.5, 0.6) is 0 Å². The molecular weight excluding hydrogens is 184 g/mol. The fraction of sp³-hybridized carbons (Fsp3) is 0.900. The molecule has 0 heterocycles. The van der Waals surface area contributed by atoms with Crippen molar-refractivity contribution >= 4 is 5.97 Å². The highest BCUT2D eigenvalue weighted by atomic mass is 16.5. The van der Waals surface area contributed by atoms with Crippen LogP contribution in [0.25, 0.3) is 0 Å². The second kappa shape index (κ2) is 4.75. The van der Waals surface area contributed by atoms with Crippen LogP contribution in [0.2, 0.25) is 0 Å². The number of carboxylic acids is 1. The summed E-state index contributed by atoms with van der Waals surface area (Å²) in [6.07, 6.45) is 2.42. The Kier molecular flexibility index (Phi) is 3.89. The van der Waals surface area contributed by atoms with Crippen molar-refractivity contribution in [2.24, 2.45) is 11.3 Å². The Morgan fingerprint density at radius 2 is 1.86 bits per heavy atom. The molecule has 14 heavy (non-hydrogen) atoms. The first-order valence-electron chi connectivity index (χ1n) is 4.87. The molecule has 1 saturated carbocycles. The van der Waals surface area contributed by atoms with Gasteiger partial charge in [-0.05, 0) is 24.7 Å². The Hall–Kier alpha value is -0.610. The molecule has 1 rings (SSSR count). The summed E-state index contributed by atoms with van der Waals surface area (Å²) in [6.45, 7) is 1.26. The zero-order valence-electron chi connectivity index (χ0n) is 8.78. The molecule has 0 radical (unpaired) electrons. The van der Waals surface area contributed by atoms with E-state index in [9.17, 15) is 4.79 Å². The monoisotopic (exact) mass is 202 g/mol. The first-order valence-corrected chi connectivity index (χ1v) is 4.87. The fourth-order valence-corrected chi connectivity index (χ4v) is 1.99. The fourth-order valence-electron chi connectivity index (χ4n) is 1.99. The highest BCUT2D eigenvalue weighted by Gasteiger charge is 2.57. The number of ether oxygens (including phenoxy) is 2. The second-order valence-electron chi connectivity index (χ2n) is 3.94. The maximum absolute atomic E-state index is 10.8. The van der Waals surface area contributed by atoms with Crippen LogP contribution in [0.3, 0.4) is 0 Å². The van der Waals surface area contributed by atoms with Crippen LogP contribution >= 0.6 is 0 Å². The third kappa shape index (κ3) is 2.45. The zero-order valence-corrected chi connectivity index (χ0v) is 8.78. The Morgan fingerprint density at radius 1 is 1.36 bits per heavy atom. The van der Waals surface area contributed by atoms with E-state index in [0.29, 0.717) is 13.2 Å². The minimum absolute atomic E-state index is 0.0577. The number of carbonyl (C=O) groups is 1. The van der Waals surface area contributed by atoms with Crippen molar-refractivity contribution in [1.29, 1.82) is 0 Å². The van der Waals surface area contributed by atoms with Gasteiger partial charge in [0.15, 0.2) is 0 Å². The quantitative estimate of drug-likeness (QED) is 0.673. The lowest BCUT2D eigenvalue weighted by molar-refractivity contribution is -0.139. The number of hydrogen-bond acceptors (Lipinski definition) is 3. The molecule has 82 valence electrons. The van der Waals surface area contributed by atoms with Crippen LogP contribution in [0, 0.1) is 11.3 Å². The van der Waals surface area contributed by atoms with Gasteiger partial charge in [0.1, 0.15) is 0 Å². The predicted octanol–water partition coefficient (Wildman–Crippen LogP) is 1.15. The van der Waals surface area contributed by atoms with Gasteiger partial charge < -0.3 is 14.6 Å². The lowest BCUT2D eigenvalue weighted by atomic mass is 9.95. The molecule has 0 aromatic rings. The molecule has 1 fully saturated rings. The Labute approximate surface area is 84.2 Å². The van der Waals surface area contributed by atoms with Crippen LogP contribution in [0.4, 0.5) is 0 Å². The normalized spacial score (nSPS) is 23.4. The molecule has 1 atom stereocenters. The average Bonchev–Trinajstić information content (AvgIpc) is 2.88. The first kappa shape index (κ1) is 11.5. The highest BCUT2D eigenvalue weighted by molar-refractivity contribution is 5.74. The molecule has 0 saturated heterocycles. The summed E-state index contributed by atoms with van der Waals surface area (Å²) in [5.74, 6) is -0.870. The molecular formula is C10H18O4. The molecule has 0 aliphatic heterocycles. The zero-order chi connectivity index (χ0) is 10.6. The summed E-state index contributed by atoms with van der Waals surface area (Å²) in [5.41, 5.74) is -0.0577. The van der Waals surface area contributed by atoms with Gasteiger partial charge in [0.2, 0.25) is 0 Å². The molecule has 0 aromatic heterocycles. The Bertz CT molecular complexity index is 194. The van der Waals surface area contributed by atoms with Gasteiger partial charge in [0.05, 0.1) is 5.92 Å². The van der Waals surface area contributed by atoms with E-state index in [-0.39, 0.29) is 11.3 Å². The molecule has 1 aliphatic carbocycles. The van der Waals surface area contributed by atoms with Crippen LogP contribution < -0.4 is 0 Å². The molecule has 1 aliphatic rings. The van der Waals surface area contributed by atoms with Crippen LogP contribution in [0.15, 0.2) is 0 Å². The third-order valence-corrected chi connectivity index (χ3v) is 3.10. The molecule has 1 unspecified atom stereocenters. The Balaban J connectivity index is 2.42. The maximum atomic E-state index is 10.8. The van der Waals surface area contributed by atoms with Gasteiger partial charge >= 0.3 is 5.97 Å². The number of aliphatic carboxylic acids is 1. The molecule has 1 N–H and O–H groups in total. The van der Waals surface area contributed by atoms with Crippen molar-refractivity contribution in [3.05, 3.63) is 0 Å². The van der Waals surface area contributed by atoms with Gasteiger partial charge in [0.25, 0.3) is 0 Å². The molecule has 0 bridgehead atoms. The molecule has 0 amide bonds. The summed E-state index contributed by atoms with van der Waals surface area (Å²) in [5, 5.41) is 8.91. The number of methoxy groups -OCH3 is 2. The third-order valence-electron chi connectivity index (χ3n) is 3.10. The summed E-state index contributed by atoms with van der Waals surface area (Å²) < 4.78 is 9.98. The van der Waals surface area contributed by atoms with Crippen molar-refractivity contribution in [3.8, 4) is 0 Å². The molecule has 4 heteroatoms. The van der Waals surface area contributed by atoms with Gasteiger partial charge in [-0.1, -0.05) is 0 Å². The lowest BCUT2D eigenvalue weighted by Gasteiger charge is -2.14. The van der Waals surface area contributed by atoms with Crippen LogP contribution in [-0.4, -0.2) is 38.5 Å². The van der Waals surface area contributed by atoms with E-state index < -0.39 is 5.97 Å². The van der Waals surface area contributed by atoms with E-state index in [1.165, 1.54) is 0 Å². The Morgan fingerprint density at radius 3 is 2.14 bits per heavy atom. The van der Waals surface area contributed by atoms with Gasteiger partial charge in [-0.15, -0.1) is 0 Å². The van der Waals surface area contributed by atoms with Gasteiger partial charge in [-0.25, -0.2) is 0 Å². The molecule has 4 nitrogen and oxygen atoms in total. The minimum Gasteiger partial charge on any atom is -0.481 e. The predicted molar refractivity (Wildman–Crippen MR) is 51.2 cm³/mol. The number of hydrogen-bond donors (Lipinski definition) is 1. The standard InChI is InChI=1S/C10H18O4/c1-13-5-3-10(4-6-14-2)7-8(10)9(11)12/h8H,3-7H2,1-2H3,(H,11,12). The SMILES string of the molecule is COCCC1(CCOC)CC1C(=O)O. The molecule has 0 spiro atoms. The van der Waals surface area contributed by atoms with E-state index in [4.69, 9.17) is 14.6 Å². The number of rotatable bonds is 7. The van der Waals surface area contributed by atoms with E-state index in [1.54, 1.807) is 14.2 Å². The topological polar surface area (TPSA) is 55.8 Å². The van der Waals surface area contributed by atoms with Crippen LogP contribution in [0.1, 0.15) is 19.3 Å². The van der Waals surface area contributed by atoms with Crippen molar-refractivity contribution < 1.29 is 19.4 Å². The molecule has 0 aromatic carbocycles. The summed E-state index contributed by atoms with van der Waals surface area (Å²) >= 11 is 0. The summed E-state index contributed by atoms with van der Waals surface area (Å²) in [6, 6.07) is 0. The van der Waals surface area contributed by atoms with E-state index in [1.807, 2.05) is 0 Å². The van der Waals surface area contributed by atoms with E-state index in [0.717, 1.165) is 19.3 Å². The maximum Gasteiger partial charge on any atom is 0.307 e. The number of carboxylic acid groups (broad SMARTS) is 1. The van der Waals surface area contributed by atoms with Crippen LogP contribution in [-0.2, 0) is 14.3 Å². The van der Waals surface area contributed by atoms with Gasteiger partial charge in [-0.2, -0.15) is 0 Å². The van der Waals surface area contributed by atoms with Crippen molar-refractivity contribution in [1.82, 2.24) is 0 Å². The van der Waals surface area contributed by atoms with Gasteiger partial charge in [-0.3, -0.25) is 4.79 Å². The van der Waals surface area contributed by atoms with E-state index in [2.05, 4.69) is 0 Å². The van der Waals surface area contributed by atoms with Crippen molar-refractivity contribution in [3.63, 3.8) is 0 Å². The second-order valence-corrected chi connectivity index (χ2v) is 3.94. The van der Waals surface area contributed by atoms with Gasteiger partial charge in [0, 0.05) is 27.4 Å². The first-order chi connectivity index (χ1) is 6.66. The van der Waals surface area contributed by atoms with Crippen molar-refractivity contribution in [2.75, 3.05) is 27.4 Å². The summed E-state index contributed by atoms with van der Waals surface area (Å²) in [7, 11) is 3.28. The lowest BCUT2D eigenvalue weighted by Crippen LogP contribution is -2.15. The largest absolute Gasteiger partial charge is 0.481 e. The van der Waals surface area contributed by atoms with Crippen molar-refractivity contribution in [2.45, 2.75) is 19.3 Å². The summed E-state index contributed by atoms with van der Waals surface area (Å²) in [4.78, 5) is 10.8. The minimum atomic E-state index is -0.683. The average molecular weight is 202 g/mol. The highest BCUT2D eigenvalue weighted by Crippen LogP contribution is 2.57.